The molecule has 0 spiro atoms. The van der Waals surface area contributed by atoms with Crippen molar-refractivity contribution < 1.29 is 44.6 Å². The number of hydrogen-bond acceptors (Lipinski definition) is 7. The van der Waals surface area contributed by atoms with Crippen molar-refractivity contribution in [2.45, 2.75) is 61.9 Å². The highest BCUT2D eigenvalue weighted by atomic mass is 32.2. The van der Waals surface area contributed by atoms with Crippen LogP contribution in [0.1, 0.15) is 59.2 Å². The third-order valence-electron chi connectivity index (χ3n) is 7.88. The number of carbonyl (C=O) groups excluding carboxylic acids is 1. The van der Waals surface area contributed by atoms with E-state index in [2.05, 4.69) is 10.8 Å². The summed E-state index contributed by atoms with van der Waals surface area (Å²) in [5.41, 5.74) is 6.56. The van der Waals surface area contributed by atoms with Crippen LogP contribution in [0.2, 0.25) is 0 Å². The minimum atomic E-state index is -4.51. The van der Waals surface area contributed by atoms with Crippen molar-refractivity contribution >= 4 is 21.4 Å². The van der Waals surface area contributed by atoms with Crippen LogP contribution in [-0.2, 0) is 20.8 Å². The minimum absolute atomic E-state index is 0.0745. The molecule has 1 aliphatic rings. The van der Waals surface area contributed by atoms with E-state index in [4.69, 9.17) is 10.5 Å². The second-order valence-electron chi connectivity index (χ2n) is 10.7. The van der Waals surface area contributed by atoms with Gasteiger partial charge in [0, 0.05) is 36.1 Å². The van der Waals surface area contributed by atoms with Crippen LogP contribution < -0.4 is 15.4 Å². The van der Waals surface area contributed by atoms with Gasteiger partial charge in [-0.2, -0.15) is 27.2 Å². The first-order valence-electron chi connectivity index (χ1n) is 14.4. The number of amides is 1. The van der Waals surface area contributed by atoms with Gasteiger partial charge in [-0.1, -0.05) is 19.1 Å². The number of sulfone groups is 1. The van der Waals surface area contributed by atoms with E-state index in [0.717, 1.165) is 12.1 Å². The van der Waals surface area contributed by atoms with Crippen molar-refractivity contribution in [3.8, 4) is 11.8 Å². The Morgan fingerprint density at radius 3 is 2.33 bits per heavy atom. The zero-order valence-corrected chi connectivity index (χ0v) is 25.5. The maximum atomic E-state index is 13.0. The molecule has 2 N–H and O–H groups in total. The normalized spacial score (nSPS) is 17.6. The largest absolute Gasteiger partial charge is 0.489 e. The maximum Gasteiger partial charge on any atom is 0.416 e. The predicted molar refractivity (Wildman–Crippen MR) is 159 cm³/mol. The van der Waals surface area contributed by atoms with E-state index in [1.807, 2.05) is 4.90 Å². The van der Waals surface area contributed by atoms with Crippen molar-refractivity contribution in [2.24, 2.45) is 5.73 Å². The van der Waals surface area contributed by atoms with Crippen molar-refractivity contribution in [1.82, 2.24) is 0 Å². The Morgan fingerprint density at radius 1 is 1.09 bits per heavy atom. The summed E-state index contributed by atoms with van der Waals surface area (Å²) in [5.74, 6) is -1.31. The van der Waals surface area contributed by atoms with Crippen LogP contribution >= 0.6 is 0 Å². The number of benzene rings is 3. The standard InChI is InChI=1S/C32H32F5N3O5S/c1-2-46(42,43)26-10-3-20(4-11-26)27(13-15-38)29-18-22(7-12-28(29)30(39)41)40-19-25(17-23(40)14-16-44-31(33)34)45-24-8-5-21(6-9-24)32(35,36)37/h3-12,18,23,25,27,31H,2,13-14,16-17,19H2,1H3,(H2,39,41)/t23-,25+,27+/m1/s1. The first kappa shape index (κ1) is 34.6. The number of carbonyl (C=O) groups is 1. The van der Waals surface area contributed by atoms with E-state index >= 15 is 0 Å². The van der Waals surface area contributed by atoms with Gasteiger partial charge in [-0.05, 0) is 72.1 Å². The van der Waals surface area contributed by atoms with E-state index in [-0.39, 0.29) is 48.0 Å². The molecule has 1 fully saturated rings. The molecule has 3 aromatic rings. The highest BCUT2D eigenvalue weighted by molar-refractivity contribution is 7.91. The second-order valence-corrected chi connectivity index (χ2v) is 13.0. The molecule has 246 valence electrons. The van der Waals surface area contributed by atoms with Gasteiger partial charge in [0.1, 0.15) is 11.9 Å². The molecule has 0 unspecified atom stereocenters. The van der Waals surface area contributed by atoms with Crippen LogP contribution in [0.5, 0.6) is 5.75 Å². The van der Waals surface area contributed by atoms with Gasteiger partial charge >= 0.3 is 12.8 Å². The van der Waals surface area contributed by atoms with Gasteiger partial charge in [-0.25, -0.2) is 8.42 Å². The lowest BCUT2D eigenvalue weighted by molar-refractivity contribution is -0.137. The van der Waals surface area contributed by atoms with Crippen LogP contribution in [0, 0.1) is 11.3 Å². The number of ether oxygens (including phenoxy) is 2. The Hall–Kier alpha value is -4.22. The number of nitrogens with two attached hydrogens (primary N) is 1. The molecule has 1 aliphatic heterocycles. The van der Waals surface area contributed by atoms with Crippen LogP contribution in [0.15, 0.2) is 71.6 Å². The first-order valence-corrected chi connectivity index (χ1v) is 16.0. The predicted octanol–water partition coefficient (Wildman–Crippen LogP) is 6.30. The van der Waals surface area contributed by atoms with Gasteiger partial charge in [-0.3, -0.25) is 4.79 Å². The van der Waals surface area contributed by atoms with Crippen molar-refractivity contribution in [3.05, 3.63) is 89.0 Å². The van der Waals surface area contributed by atoms with E-state index in [9.17, 15) is 40.4 Å². The molecular formula is C32H32F5N3O5S. The number of halogens is 5. The van der Waals surface area contributed by atoms with E-state index < -0.39 is 52.2 Å². The molecule has 8 nitrogen and oxygen atoms in total. The van der Waals surface area contributed by atoms with E-state index in [1.54, 1.807) is 24.3 Å². The lowest BCUT2D eigenvalue weighted by Crippen LogP contribution is -2.31. The van der Waals surface area contributed by atoms with Gasteiger partial charge in [0.05, 0.1) is 35.4 Å². The second kappa shape index (κ2) is 14.5. The fraction of sp³-hybridized carbons (Fsp3) is 0.375. The molecule has 3 aromatic carbocycles. The third-order valence-corrected chi connectivity index (χ3v) is 9.63. The van der Waals surface area contributed by atoms with Gasteiger partial charge in [0.2, 0.25) is 5.91 Å². The quantitative estimate of drug-likeness (QED) is 0.213. The molecule has 1 amide bonds. The Morgan fingerprint density at radius 2 is 1.76 bits per heavy atom. The highest BCUT2D eigenvalue weighted by Crippen LogP contribution is 2.37. The summed E-state index contributed by atoms with van der Waals surface area (Å²) in [5, 5.41) is 9.69. The summed E-state index contributed by atoms with van der Waals surface area (Å²) in [4.78, 5) is 14.5. The number of hydrogen-bond donors (Lipinski definition) is 1. The number of anilines is 1. The summed E-state index contributed by atoms with van der Waals surface area (Å²) in [6.07, 6.45) is -4.62. The summed E-state index contributed by atoms with van der Waals surface area (Å²) < 4.78 is 99.7. The van der Waals surface area contributed by atoms with Crippen molar-refractivity contribution in [2.75, 3.05) is 23.8 Å². The SMILES string of the molecule is CCS(=O)(=O)c1ccc([C@H](CC#N)c2cc(N3C[C@@H](Oc4ccc(C(F)(F)F)cc4)C[C@H]3CCOC(F)F)ccc2C(N)=O)cc1. The molecule has 0 saturated carbocycles. The molecule has 0 aromatic heterocycles. The number of primary amides is 1. The molecule has 0 aliphatic carbocycles. The average Bonchev–Trinajstić information content (AvgIpc) is 3.41. The molecule has 1 saturated heterocycles. The van der Waals surface area contributed by atoms with Crippen molar-refractivity contribution in [1.29, 1.82) is 5.26 Å². The van der Waals surface area contributed by atoms with Gasteiger partial charge in [0.25, 0.3) is 0 Å². The Labute approximate surface area is 263 Å². The zero-order valence-electron chi connectivity index (χ0n) is 24.7. The lowest BCUT2D eigenvalue weighted by atomic mass is 9.85. The summed E-state index contributed by atoms with van der Waals surface area (Å²) in [7, 11) is -3.48. The Kier molecular flexibility index (Phi) is 10.9. The average molecular weight is 666 g/mol. The lowest BCUT2D eigenvalue weighted by Gasteiger charge is -2.28. The minimum Gasteiger partial charge on any atom is -0.489 e. The molecule has 4 rings (SSSR count). The third kappa shape index (κ3) is 8.32. The van der Waals surface area contributed by atoms with Gasteiger partial charge in [0.15, 0.2) is 9.84 Å². The van der Waals surface area contributed by atoms with Crippen LogP contribution in [0.25, 0.3) is 0 Å². The monoisotopic (exact) mass is 665 g/mol. The Balaban J connectivity index is 1.68. The van der Waals surface area contributed by atoms with E-state index in [0.29, 0.717) is 23.2 Å². The highest BCUT2D eigenvalue weighted by Gasteiger charge is 2.35. The summed E-state index contributed by atoms with van der Waals surface area (Å²) in [6.45, 7) is -1.50. The van der Waals surface area contributed by atoms with E-state index in [1.165, 1.54) is 37.3 Å². The first-order chi connectivity index (χ1) is 21.7. The van der Waals surface area contributed by atoms with Crippen LogP contribution in [0.3, 0.4) is 0 Å². The molecule has 0 bridgehead atoms. The molecule has 1 heterocycles. The van der Waals surface area contributed by atoms with Crippen LogP contribution in [-0.4, -0.2) is 52.0 Å². The van der Waals surface area contributed by atoms with Gasteiger partial charge in [-0.15, -0.1) is 0 Å². The van der Waals surface area contributed by atoms with Gasteiger partial charge < -0.3 is 20.1 Å². The molecule has 14 heteroatoms. The molecule has 0 radical (unpaired) electrons. The number of alkyl halides is 5. The Bertz CT molecular complexity index is 1660. The zero-order chi connectivity index (χ0) is 33.6. The number of nitrogens with zero attached hydrogens (tertiary/aromatic N) is 2. The summed E-state index contributed by atoms with van der Waals surface area (Å²) >= 11 is 0. The number of rotatable bonds is 13. The maximum absolute atomic E-state index is 13.0. The molecule has 46 heavy (non-hydrogen) atoms. The van der Waals surface area contributed by atoms with Crippen LogP contribution in [0.4, 0.5) is 27.6 Å². The molecule has 3 atom stereocenters. The smallest absolute Gasteiger partial charge is 0.416 e. The fourth-order valence-corrected chi connectivity index (χ4v) is 6.46. The topological polar surface area (TPSA) is 123 Å². The fourth-order valence-electron chi connectivity index (χ4n) is 5.57. The molecular weight excluding hydrogens is 633 g/mol. The summed E-state index contributed by atoms with van der Waals surface area (Å²) in [6, 6.07) is 16.8. The van der Waals surface area contributed by atoms with Crippen molar-refractivity contribution in [3.63, 3.8) is 0 Å². The number of nitriles is 1.